The van der Waals surface area contributed by atoms with Gasteiger partial charge in [-0.15, -0.1) is 0 Å². The van der Waals surface area contributed by atoms with Crippen LogP contribution in [-0.4, -0.2) is 33.4 Å². The summed E-state index contributed by atoms with van der Waals surface area (Å²) < 4.78 is 19.6. The van der Waals surface area contributed by atoms with Crippen LogP contribution in [0.25, 0.3) is 0 Å². The van der Waals surface area contributed by atoms with E-state index in [1.54, 1.807) is 5.57 Å². The quantitative estimate of drug-likeness (QED) is 0.393. The monoisotopic (exact) mass is 466 g/mol. The second kappa shape index (κ2) is 7.78. The van der Waals surface area contributed by atoms with Gasteiger partial charge in [-0.05, 0) is 86.4 Å². The van der Waals surface area contributed by atoms with Gasteiger partial charge in [0.25, 0.3) is 0 Å². The Labute approximate surface area is 201 Å². The normalized spacial score (nSPS) is 41.9. The third-order valence-electron chi connectivity index (χ3n) is 10.8. The Balaban J connectivity index is 1.21. The van der Waals surface area contributed by atoms with Crippen molar-refractivity contribution in [2.75, 3.05) is 13.2 Å². The highest BCUT2D eigenvalue weighted by molar-refractivity contribution is 6.84. The van der Waals surface area contributed by atoms with Gasteiger partial charge in [0.1, 0.15) is 0 Å². The first-order chi connectivity index (χ1) is 15.8. The summed E-state index contributed by atoms with van der Waals surface area (Å²) in [7, 11) is -1.88. The first-order valence-electron chi connectivity index (χ1n) is 13.5. The molecule has 3 saturated carbocycles. The van der Waals surface area contributed by atoms with Gasteiger partial charge in [-0.2, -0.15) is 0 Å². The van der Waals surface area contributed by atoms with Crippen molar-refractivity contribution in [3.63, 3.8) is 0 Å². The van der Waals surface area contributed by atoms with Crippen molar-refractivity contribution in [1.82, 2.24) is 0 Å². The fraction of sp³-hybridized carbons (Fsp3) is 0.724. The summed E-state index contributed by atoms with van der Waals surface area (Å²) in [5, 5.41) is 1.41. The van der Waals surface area contributed by atoms with Gasteiger partial charge in [0.2, 0.25) is 8.32 Å². The smallest absolute Gasteiger partial charge is 0.218 e. The number of ether oxygens (including phenoxy) is 2. The summed E-state index contributed by atoms with van der Waals surface area (Å²) in [6.45, 7) is 11.4. The van der Waals surface area contributed by atoms with Crippen LogP contribution < -0.4 is 5.19 Å². The number of hydrogen-bond acceptors (Lipinski definition) is 3. The van der Waals surface area contributed by atoms with E-state index >= 15 is 0 Å². The van der Waals surface area contributed by atoms with E-state index in [2.05, 4.69) is 63.3 Å². The SMILES string of the molecule is C[C@]12CC[C@H](O[Si](C)(C)c3ccccc3)CC1=CC[C@@H]1[C@@H]2CC[C@@]2(C)[C@H]1CCC21OCCO1. The van der Waals surface area contributed by atoms with Crippen molar-refractivity contribution in [1.29, 1.82) is 0 Å². The number of allylic oxidation sites excluding steroid dienone is 1. The van der Waals surface area contributed by atoms with Crippen LogP contribution in [0.1, 0.15) is 65.2 Å². The average Bonchev–Trinajstić information content (AvgIpc) is 3.40. The van der Waals surface area contributed by atoms with Gasteiger partial charge in [0.15, 0.2) is 5.79 Å². The predicted molar refractivity (Wildman–Crippen MR) is 135 cm³/mol. The van der Waals surface area contributed by atoms with Crippen LogP contribution in [0.5, 0.6) is 0 Å². The van der Waals surface area contributed by atoms with E-state index in [0.717, 1.165) is 43.8 Å². The zero-order valence-electron chi connectivity index (χ0n) is 21.1. The molecule has 1 heterocycles. The lowest BCUT2D eigenvalue weighted by atomic mass is 9.47. The Kier molecular flexibility index (Phi) is 5.31. The number of fused-ring (bicyclic) bond motifs is 6. The minimum absolute atomic E-state index is 0.192. The topological polar surface area (TPSA) is 27.7 Å². The van der Waals surface area contributed by atoms with Gasteiger partial charge >= 0.3 is 0 Å². The average molecular weight is 467 g/mol. The summed E-state index contributed by atoms with van der Waals surface area (Å²) in [5.41, 5.74) is 2.26. The third-order valence-corrected chi connectivity index (χ3v) is 13.4. The molecule has 5 aliphatic rings. The van der Waals surface area contributed by atoms with Gasteiger partial charge < -0.3 is 13.9 Å². The summed E-state index contributed by atoms with van der Waals surface area (Å²) in [4.78, 5) is 0. The number of benzene rings is 1. The lowest BCUT2D eigenvalue weighted by molar-refractivity contribution is -0.242. The summed E-state index contributed by atoms with van der Waals surface area (Å²) in [6.07, 6.45) is 12.9. The molecule has 4 heteroatoms. The maximum atomic E-state index is 6.91. The molecule has 0 radical (unpaired) electrons. The van der Waals surface area contributed by atoms with Crippen molar-refractivity contribution in [2.24, 2.45) is 28.6 Å². The van der Waals surface area contributed by atoms with Gasteiger partial charge in [0.05, 0.1) is 13.2 Å². The van der Waals surface area contributed by atoms with Crippen LogP contribution in [0, 0.1) is 28.6 Å². The Morgan fingerprint density at radius 1 is 0.909 bits per heavy atom. The molecule has 4 fully saturated rings. The van der Waals surface area contributed by atoms with Crippen LogP contribution in [0.4, 0.5) is 0 Å². The molecule has 1 saturated heterocycles. The maximum Gasteiger partial charge on any atom is 0.218 e. The molecule has 1 aliphatic heterocycles. The number of rotatable bonds is 3. The number of hydrogen-bond donors (Lipinski definition) is 0. The molecule has 6 atom stereocenters. The lowest BCUT2D eigenvalue weighted by Crippen LogP contribution is -2.55. The maximum absolute atomic E-state index is 6.91. The highest BCUT2D eigenvalue weighted by Gasteiger charge is 2.66. The van der Waals surface area contributed by atoms with E-state index in [9.17, 15) is 0 Å². The fourth-order valence-corrected chi connectivity index (χ4v) is 11.1. The molecule has 1 aromatic carbocycles. The van der Waals surface area contributed by atoms with Crippen molar-refractivity contribution in [3.8, 4) is 0 Å². The molecule has 180 valence electrons. The lowest BCUT2D eigenvalue weighted by Gasteiger charge is -2.59. The van der Waals surface area contributed by atoms with E-state index in [1.807, 2.05) is 0 Å². The molecule has 33 heavy (non-hydrogen) atoms. The Hall–Kier alpha value is -0.943. The van der Waals surface area contributed by atoms with Crippen molar-refractivity contribution < 1.29 is 13.9 Å². The predicted octanol–water partition coefficient (Wildman–Crippen LogP) is 6.19. The summed E-state index contributed by atoms with van der Waals surface area (Å²) in [5.74, 6) is 2.05. The second-order valence-corrected chi connectivity index (χ2v) is 16.4. The molecule has 0 bridgehead atoms. The fourth-order valence-electron chi connectivity index (χ4n) is 8.94. The standard InChI is InChI=1S/C29H42O3Si/c1-27-15-12-22(32-33(3,4)23-8-6-5-7-9-23)20-21(27)10-11-24-25(27)13-16-28(2)26(24)14-17-29(28)30-18-19-31-29/h5-10,22,24-26H,11-20H2,1-4H3/t22-,24+,25-,26-,27-,28-/m0/s1. The second-order valence-electron chi connectivity index (χ2n) is 12.6. The molecule has 0 aromatic heterocycles. The summed E-state index contributed by atoms with van der Waals surface area (Å²) >= 11 is 0. The Morgan fingerprint density at radius 2 is 1.64 bits per heavy atom. The van der Waals surface area contributed by atoms with E-state index in [-0.39, 0.29) is 11.2 Å². The Morgan fingerprint density at radius 3 is 2.39 bits per heavy atom. The van der Waals surface area contributed by atoms with Gasteiger partial charge in [-0.1, -0.05) is 55.8 Å². The molecular formula is C29H42O3Si. The first kappa shape index (κ1) is 22.5. The van der Waals surface area contributed by atoms with Crippen LogP contribution in [0.3, 0.4) is 0 Å². The van der Waals surface area contributed by atoms with Crippen LogP contribution >= 0.6 is 0 Å². The van der Waals surface area contributed by atoms with Gasteiger partial charge in [-0.25, -0.2) is 0 Å². The molecule has 0 amide bonds. The largest absolute Gasteiger partial charge is 0.410 e. The first-order valence-corrected chi connectivity index (χ1v) is 16.4. The minimum Gasteiger partial charge on any atom is -0.410 e. The van der Waals surface area contributed by atoms with Crippen molar-refractivity contribution in [3.05, 3.63) is 42.0 Å². The van der Waals surface area contributed by atoms with Crippen LogP contribution in [0.15, 0.2) is 42.0 Å². The minimum atomic E-state index is -1.88. The highest BCUT2D eigenvalue weighted by atomic mass is 28.4. The van der Waals surface area contributed by atoms with E-state index < -0.39 is 8.32 Å². The van der Waals surface area contributed by atoms with Gasteiger partial charge in [-0.3, -0.25) is 0 Å². The van der Waals surface area contributed by atoms with E-state index in [4.69, 9.17) is 13.9 Å². The van der Waals surface area contributed by atoms with Crippen molar-refractivity contribution >= 4 is 13.5 Å². The Bertz CT molecular complexity index is 920. The molecule has 3 nitrogen and oxygen atoms in total. The van der Waals surface area contributed by atoms with Crippen LogP contribution in [-0.2, 0) is 13.9 Å². The third kappa shape index (κ3) is 3.31. The molecule has 6 rings (SSSR count). The molecule has 1 aromatic rings. The van der Waals surface area contributed by atoms with Gasteiger partial charge in [0, 0.05) is 17.9 Å². The molecule has 4 aliphatic carbocycles. The van der Waals surface area contributed by atoms with E-state index in [1.165, 1.54) is 43.7 Å². The van der Waals surface area contributed by atoms with E-state index in [0.29, 0.717) is 11.5 Å². The molecule has 0 N–H and O–H groups in total. The highest BCUT2D eigenvalue weighted by Crippen LogP contribution is 2.68. The molecular weight excluding hydrogens is 424 g/mol. The summed E-state index contributed by atoms with van der Waals surface area (Å²) in [6, 6.07) is 10.9. The van der Waals surface area contributed by atoms with Crippen LogP contribution in [0.2, 0.25) is 13.1 Å². The zero-order valence-corrected chi connectivity index (χ0v) is 22.1. The molecule has 1 spiro atoms. The zero-order chi connectivity index (χ0) is 22.9. The molecule has 0 unspecified atom stereocenters. The van der Waals surface area contributed by atoms with Crippen molar-refractivity contribution in [2.45, 2.75) is 90.2 Å².